The summed E-state index contributed by atoms with van der Waals surface area (Å²) in [4.78, 5) is 115. The van der Waals surface area contributed by atoms with Gasteiger partial charge in [0.25, 0.3) is 5.79 Å². The first-order valence-electron chi connectivity index (χ1n) is 18.3. The molecular weight excluding hydrogens is 822 g/mol. The molecule has 2 aliphatic rings. The van der Waals surface area contributed by atoms with Crippen LogP contribution in [0.4, 0.5) is 0 Å². The zero-order valence-corrected chi connectivity index (χ0v) is 35.2. The largest absolute Gasteiger partial charge is 0.465 e. The van der Waals surface area contributed by atoms with Gasteiger partial charge in [0.15, 0.2) is 24.4 Å². The molecule has 0 aromatic heterocycles. The first-order chi connectivity index (χ1) is 28.2. The third-order valence-electron chi connectivity index (χ3n) is 8.65. The molecule has 11 atom stereocenters. The molecule has 22 heteroatoms. The predicted molar refractivity (Wildman–Crippen MR) is 200 cm³/mol. The van der Waals surface area contributed by atoms with Gasteiger partial charge in [-0.2, -0.15) is 0 Å². The molecule has 21 nitrogen and oxygen atoms in total. The van der Waals surface area contributed by atoms with Gasteiger partial charge in [0.1, 0.15) is 43.1 Å². The molecular formula is C38H49NO20S. The SMILES string of the molecule is COC(=O)[C@@]1(O[C@H]2[C@@H](OC(C)=O)[C@@H](COC(C)=O)O[C@@H](SC)[C@@H]2OC(=O)c2ccccc2)C[C@H](OC(C)=O)[C@@H](NC(C)=O)[C@H]([C@H](OC(C)=O)[C@@H](COC(C)=O)OC(C)=O)O1. The summed E-state index contributed by atoms with van der Waals surface area (Å²) >= 11 is 0.993. The van der Waals surface area contributed by atoms with E-state index in [9.17, 15) is 43.2 Å². The van der Waals surface area contributed by atoms with E-state index in [1.165, 1.54) is 12.1 Å². The minimum absolute atomic E-state index is 0.0698. The fourth-order valence-corrected chi connectivity index (χ4v) is 7.23. The van der Waals surface area contributed by atoms with E-state index in [0.29, 0.717) is 0 Å². The third kappa shape index (κ3) is 13.6. The number of carbonyl (C=O) groups is 9. The van der Waals surface area contributed by atoms with Gasteiger partial charge in [0, 0.05) is 48.5 Å². The van der Waals surface area contributed by atoms with Gasteiger partial charge in [-0.1, -0.05) is 18.2 Å². The quantitative estimate of drug-likeness (QED) is 0.167. The monoisotopic (exact) mass is 871 g/mol. The highest BCUT2D eigenvalue weighted by Gasteiger charge is 2.63. The molecule has 3 rings (SSSR count). The van der Waals surface area contributed by atoms with Crippen molar-refractivity contribution in [2.75, 3.05) is 26.6 Å². The highest BCUT2D eigenvalue weighted by molar-refractivity contribution is 7.99. The molecule has 0 aliphatic carbocycles. The number of carbonyl (C=O) groups excluding carboxylic acids is 9. The molecule has 60 heavy (non-hydrogen) atoms. The van der Waals surface area contributed by atoms with Crippen LogP contribution in [0.15, 0.2) is 30.3 Å². The molecule has 0 bridgehead atoms. The Kier molecular flexibility index (Phi) is 18.3. The Morgan fingerprint density at radius 3 is 1.90 bits per heavy atom. The first kappa shape index (κ1) is 49.0. The average Bonchev–Trinajstić information content (AvgIpc) is 3.16. The number of amides is 1. The molecule has 1 N–H and O–H groups in total. The Morgan fingerprint density at radius 1 is 0.767 bits per heavy atom. The van der Waals surface area contributed by atoms with Gasteiger partial charge in [-0.15, -0.1) is 11.8 Å². The van der Waals surface area contributed by atoms with E-state index in [-0.39, 0.29) is 5.56 Å². The van der Waals surface area contributed by atoms with Crippen molar-refractivity contribution in [3.63, 3.8) is 0 Å². The van der Waals surface area contributed by atoms with E-state index in [4.69, 9.17) is 52.1 Å². The lowest BCUT2D eigenvalue weighted by molar-refractivity contribution is -0.350. The smallest absolute Gasteiger partial charge is 0.366 e. The molecule has 0 unspecified atom stereocenters. The van der Waals surface area contributed by atoms with Crippen molar-refractivity contribution in [3.05, 3.63) is 35.9 Å². The van der Waals surface area contributed by atoms with E-state index in [0.717, 1.165) is 67.3 Å². The van der Waals surface area contributed by atoms with Crippen molar-refractivity contribution in [2.24, 2.45) is 0 Å². The number of benzene rings is 1. The van der Waals surface area contributed by atoms with Crippen LogP contribution in [0.1, 0.15) is 65.2 Å². The Bertz CT molecular complexity index is 1740. The summed E-state index contributed by atoms with van der Waals surface area (Å²) in [6.07, 6.45) is -12.9. The van der Waals surface area contributed by atoms with Gasteiger partial charge in [-0.3, -0.25) is 33.6 Å². The summed E-state index contributed by atoms with van der Waals surface area (Å²) in [5, 5.41) is 2.55. The van der Waals surface area contributed by atoms with E-state index in [1.54, 1.807) is 24.5 Å². The number of hydrogen-bond acceptors (Lipinski definition) is 21. The third-order valence-corrected chi connectivity index (χ3v) is 9.49. The molecule has 1 aromatic rings. The normalized spacial score (nSPS) is 27.0. The van der Waals surface area contributed by atoms with Crippen LogP contribution < -0.4 is 5.32 Å². The van der Waals surface area contributed by atoms with Crippen molar-refractivity contribution < 1.29 is 95.3 Å². The summed E-state index contributed by atoms with van der Waals surface area (Å²) < 4.78 is 63.1. The summed E-state index contributed by atoms with van der Waals surface area (Å²) in [6, 6.07) is 6.14. The van der Waals surface area contributed by atoms with Crippen molar-refractivity contribution in [3.8, 4) is 0 Å². The number of hydrogen-bond donors (Lipinski definition) is 1. The van der Waals surface area contributed by atoms with Gasteiger partial charge >= 0.3 is 47.8 Å². The molecule has 1 aromatic carbocycles. The first-order valence-corrected chi connectivity index (χ1v) is 19.6. The van der Waals surface area contributed by atoms with Crippen molar-refractivity contribution in [2.45, 2.75) is 121 Å². The highest BCUT2D eigenvalue weighted by Crippen LogP contribution is 2.42. The summed E-state index contributed by atoms with van der Waals surface area (Å²) in [5.74, 6) is -11.3. The van der Waals surface area contributed by atoms with Crippen LogP contribution in [-0.2, 0) is 90.5 Å². The highest BCUT2D eigenvalue weighted by atomic mass is 32.2. The zero-order valence-electron chi connectivity index (χ0n) is 34.4. The molecule has 0 spiro atoms. The number of methoxy groups -OCH3 is 1. The minimum atomic E-state index is -2.86. The van der Waals surface area contributed by atoms with E-state index in [2.05, 4.69) is 5.32 Å². The maximum absolute atomic E-state index is 14.3. The lowest BCUT2D eigenvalue weighted by atomic mass is 9.87. The molecule has 332 valence electrons. The van der Waals surface area contributed by atoms with Gasteiger partial charge in [0.05, 0.1) is 25.1 Å². The standard InChI is InChI=1S/C38H49NO20S/c1-18(40)39-29-26(52-21(4)43)15-38(37(48)49-8,58-32(29)30(54-23(6)45)27(53-22(5)44)16-50-19(2)41)59-33-31(55-24(7)46)28(17-51-20(3)42)56-36(60-9)34(33)57-35(47)25-13-11-10-12-14-25/h10-14,26-34,36H,15-17H2,1-9H3,(H,39,40)/t26-,27+,28+,29+,30+,31-,32+,33-,34+,36-,38-/m0/s1. The van der Waals surface area contributed by atoms with Crippen molar-refractivity contribution in [1.29, 1.82) is 0 Å². The number of nitrogens with one attached hydrogen (secondary N) is 1. The lowest BCUT2D eigenvalue weighted by Crippen LogP contribution is -2.71. The second-order valence-electron chi connectivity index (χ2n) is 13.4. The van der Waals surface area contributed by atoms with Crippen LogP contribution in [0, 0.1) is 0 Å². The topological polar surface area (TPSA) is 267 Å². The van der Waals surface area contributed by atoms with Gasteiger partial charge < -0.3 is 57.4 Å². The minimum Gasteiger partial charge on any atom is -0.465 e. The number of rotatable bonds is 17. The fraction of sp³-hybridized carbons (Fsp3) is 0.605. The van der Waals surface area contributed by atoms with Gasteiger partial charge in [0.2, 0.25) is 5.91 Å². The summed E-state index contributed by atoms with van der Waals surface area (Å²) in [7, 11) is 0.938. The van der Waals surface area contributed by atoms with Crippen LogP contribution >= 0.6 is 11.8 Å². The van der Waals surface area contributed by atoms with Crippen molar-refractivity contribution >= 4 is 65.4 Å². The van der Waals surface area contributed by atoms with Crippen LogP contribution in [0.2, 0.25) is 0 Å². The van der Waals surface area contributed by atoms with Crippen LogP contribution in [0.3, 0.4) is 0 Å². The Balaban J connectivity index is 2.39. The summed E-state index contributed by atoms with van der Waals surface area (Å²) in [5.41, 5.74) is -1.13. The molecule has 2 fully saturated rings. The number of thioether (sulfide) groups is 1. The van der Waals surface area contributed by atoms with Gasteiger partial charge in [-0.05, 0) is 18.4 Å². The van der Waals surface area contributed by atoms with Gasteiger partial charge in [-0.25, -0.2) is 9.59 Å². The molecule has 0 saturated carbocycles. The molecule has 2 heterocycles. The Hall–Kier alpha value is -5.32. The predicted octanol–water partition coefficient (Wildman–Crippen LogP) is 0.701. The summed E-state index contributed by atoms with van der Waals surface area (Å²) in [6.45, 7) is 5.94. The van der Waals surface area contributed by atoms with Crippen LogP contribution in [0.25, 0.3) is 0 Å². The number of esters is 8. The molecule has 2 aliphatic heterocycles. The molecule has 1 amide bonds. The molecule has 0 radical (unpaired) electrons. The lowest BCUT2D eigenvalue weighted by Gasteiger charge is -2.51. The molecule has 2 saturated heterocycles. The Labute approximate surface area is 348 Å². The van der Waals surface area contributed by atoms with Crippen LogP contribution in [-0.4, -0.2) is 146 Å². The second kappa shape index (κ2) is 22.3. The maximum atomic E-state index is 14.3. The average molecular weight is 872 g/mol. The van der Waals surface area contributed by atoms with E-state index < -0.39 is 139 Å². The Morgan fingerprint density at radius 2 is 1.38 bits per heavy atom. The number of ether oxygens (including phenoxy) is 11. The van der Waals surface area contributed by atoms with Crippen molar-refractivity contribution in [1.82, 2.24) is 5.32 Å². The van der Waals surface area contributed by atoms with E-state index in [1.807, 2.05) is 0 Å². The van der Waals surface area contributed by atoms with Crippen LogP contribution in [0.5, 0.6) is 0 Å². The second-order valence-corrected chi connectivity index (χ2v) is 14.3. The maximum Gasteiger partial charge on any atom is 0.366 e. The fourth-order valence-electron chi connectivity index (χ4n) is 6.50. The zero-order chi connectivity index (χ0) is 44.9. The van der Waals surface area contributed by atoms with E-state index >= 15 is 0 Å².